The van der Waals surface area contributed by atoms with Crippen LogP contribution < -0.4 is 15.5 Å². The van der Waals surface area contributed by atoms with Gasteiger partial charge in [-0.2, -0.15) is 0 Å². The van der Waals surface area contributed by atoms with Gasteiger partial charge in [0.05, 0.1) is 0 Å². The second-order valence-electron chi connectivity index (χ2n) is 6.20. The summed E-state index contributed by atoms with van der Waals surface area (Å²) in [5.41, 5.74) is 4.15. The Morgan fingerprint density at radius 2 is 1.96 bits per heavy atom. The van der Waals surface area contributed by atoms with Gasteiger partial charge in [0.2, 0.25) is 0 Å². The van der Waals surface area contributed by atoms with Crippen molar-refractivity contribution in [3.05, 3.63) is 71.6 Å². The van der Waals surface area contributed by atoms with E-state index >= 15 is 0 Å². The lowest BCUT2D eigenvalue weighted by Crippen LogP contribution is -2.28. The Hall–Kier alpha value is -3.58. The number of hydrogen-bond donors (Lipinski definition) is 3. The maximum Gasteiger partial charge on any atom is 0.147 e. The molecule has 0 fully saturated rings. The summed E-state index contributed by atoms with van der Waals surface area (Å²) in [6.45, 7) is 5.80. The number of nitrogens with zero attached hydrogens (tertiary/aromatic N) is 3. The summed E-state index contributed by atoms with van der Waals surface area (Å²) < 4.78 is 7.27. The summed E-state index contributed by atoms with van der Waals surface area (Å²) in [6.07, 6.45) is 5.06. The monoisotopic (exact) mass is 374 g/mol. The molecule has 7 nitrogen and oxygen atoms in total. The molecule has 0 amide bonds. The second kappa shape index (κ2) is 8.41. The van der Waals surface area contributed by atoms with Gasteiger partial charge in [0, 0.05) is 24.2 Å². The molecule has 0 unspecified atom stereocenters. The van der Waals surface area contributed by atoms with Gasteiger partial charge in [0.1, 0.15) is 29.5 Å². The Morgan fingerprint density at radius 1 is 1.21 bits per heavy atom. The maximum atomic E-state index is 8.52. The fourth-order valence-corrected chi connectivity index (χ4v) is 2.81. The lowest BCUT2D eigenvalue weighted by molar-refractivity contribution is 0.297. The van der Waals surface area contributed by atoms with E-state index in [0.29, 0.717) is 23.7 Å². The predicted molar refractivity (Wildman–Crippen MR) is 111 cm³/mol. The number of hydrogen-bond acceptors (Lipinski definition) is 6. The number of benzene rings is 1. The van der Waals surface area contributed by atoms with Crippen molar-refractivity contribution in [3.63, 3.8) is 0 Å². The summed E-state index contributed by atoms with van der Waals surface area (Å²) >= 11 is 0. The van der Waals surface area contributed by atoms with Crippen LogP contribution in [-0.2, 0) is 0 Å². The molecule has 0 saturated heterocycles. The number of rotatable bonds is 6. The maximum absolute atomic E-state index is 8.52. The van der Waals surface area contributed by atoms with E-state index in [4.69, 9.17) is 15.6 Å². The van der Waals surface area contributed by atoms with E-state index in [0.717, 1.165) is 16.7 Å². The highest BCUT2D eigenvalue weighted by Gasteiger charge is 2.11. The molecule has 28 heavy (non-hydrogen) atoms. The predicted octanol–water partition coefficient (Wildman–Crippen LogP) is 3.10. The van der Waals surface area contributed by atoms with Gasteiger partial charge in [0.25, 0.3) is 0 Å². The molecule has 1 aromatic carbocycles. The zero-order chi connectivity index (χ0) is 20.1. The first-order valence-electron chi connectivity index (χ1n) is 8.71. The summed E-state index contributed by atoms with van der Waals surface area (Å²) in [5, 5.41) is 19.8. The lowest BCUT2D eigenvalue weighted by atomic mass is 10.0. The van der Waals surface area contributed by atoms with Gasteiger partial charge in [-0.3, -0.25) is 30.7 Å². The molecule has 2 heterocycles. The Morgan fingerprint density at radius 3 is 2.64 bits per heavy atom. The summed E-state index contributed by atoms with van der Waals surface area (Å²) in [4.78, 5) is 7.99. The van der Waals surface area contributed by atoms with Crippen LogP contribution in [0.2, 0.25) is 0 Å². The van der Waals surface area contributed by atoms with Gasteiger partial charge in [-0.15, -0.1) is 0 Å². The number of nitrogens with one attached hydrogen (secondary N) is 3. The fraction of sp³-hybridized carbons (Fsp3) is 0.143. The first-order valence-corrected chi connectivity index (χ1v) is 8.71. The Kier molecular flexibility index (Phi) is 5.76. The van der Waals surface area contributed by atoms with Crippen LogP contribution in [0.4, 0.5) is 5.69 Å². The van der Waals surface area contributed by atoms with E-state index in [1.807, 2.05) is 31.2 Å². The third-order valence-electron chi connectivity index (χ3n) is 4.28. The van der Waals surface area contributed by atoms with Crippen molar-refractivity contribution in [2.45, 2.75) is 6.92 Å². The molecule has 3 aromatic rings. The van der Waals surface area contributed by atoms with Crippen molar-refractivity contribution in [2.24, 2.45) is 4.99 Å². The molecule has 2 aromatic heterocycles. The summed E-state index contributed by atoms with van der Waals surface area (Å²) in [7, 11) is 1.80. The molecule has 0 bridgehead atoms. The van der Waals surface area contributed by atoms with Crippen LogP contribution in [0.3, 0.4) is 0 Å². The number of aromatic nitrogens is 2. The van der Waals surface area contributed by atoms with Crippen LogP contribution >= 0.6 is 0 Å². The van der Waals surface area contributed by atoms with Gasteiger partial charge in [0.15, 0.2) is 0 Å². The largest absolute Gasteiger partial charge is 0.476 e. The van der Waals surface area contributed by atoms with Crippen LogP contribution in [0.25, 0.3) is 11.1 Å². The van der Waals surface area contributed by atoms with E-state index in [-0.39, 0.29) is 11.3 Å². The summed E-state index contributed by atoms with van der Waals surface area (Å²) in [5.74, 6) is 0.832. The normalized spacial score (nSPS) is 10.5. The van der Waals surface area contributed by atoms with Crippen LogP contribution in [-0.4, -0.2) is 35.9 Å². The van der Waals surface area contributed by atoms with Crippen molar-refractivity contribution < 1.29 is 4.74 Å². The number of aryl methyl sites for hydroxylation is 1. The Labute approximate surface area is 163 Å². The van der Waals surface area contributed by atoms with Gasteiger partial charge in [-0.1, -0.05) is 6.07 Å². The second-order valence-corrected chi connectivity index (χ2v) is 6.20. The minimum atomic E-state index is 0.216. The fourth-order valence-electron chi connectivity index (χ4n) is 2.81. The average molecular weight is 374 g/mol. The topological polar surface area (TPSA) is 99.1 Å². The molecular weight excluding hydrogens is 352 g/mol. The van der Waals surface area contributed by atoms with Gasteiger partial charge in [-0.05, 0) is 67.7 Å². The Bertz CT molecular complexity index is 1070. The van der Waals surface area contributed by atoms with Gasteiger partial charge in [-0.25, -0.2) is 0 Å². The van der Waals surface area contributed by atoms with E-state index in [1.165, 1.54) is 0 Å². The molecule has 7 heteroatoms. The van der Waals surface area contributed by atoms with E-state index in [9.17, 15) is 0 Å². The number of ether oxygens (including phenoxy) is 1. The van der Waals surface area contributed by atoms with Crippen molar-refractivity contribution >= 4 is 18.2 Å². The molecular formula is C21H22N6O. The van der Waals surface area contributed by atoms with Gasteiger partial charge >= 0.3 is 0 Å². The molecule has 3 rings (SSSR count). The quantitative estimate of drug-likeness (QED) is 0.351. The van der Waals surface area contributed by atoms with E-state index < -0.39 is 0 Å². The molecule has 0 radical (unpaired) electrons. The molecule has 142 valence electrons. The molecule has 0 aliphatic heterocycles. The smallest absolute Gasteiger partial charge is 0.147 e. The minimum absolute atomic E-state index is 0.216. The molecule has 0 atom stereocenters. The number of pyridine rings is 2. The van der Waals surface area contributed by atoms with Crippen LogP contribution in [0.1, 0.15) is 11.1 Å². The van der Waals surface area contributed by atoms with E-state index in [1.54, 1.807) is 42.3 Å². The van der Waals surface area contributed by atoms with Crippen molar-refractivity contribution in [1.82, 2.24) is 14.9 Å². The number of aliphatic imine (C=N–C) groups is 1. The van der Waals surface area contributed by atoms with Gasteiger partial charge < -0.3 is 4.74 Å². The van der Waals surface area contributed by atoms with E-state index in [2.05, 4.69) is 22.0 Å². The highest BCUT2D eigenvalue weighted by atomic mass is 16.5. The lowest BCUT2D eigenvalue weighted by Gasteiger charge is -2.14. The summed E-state index contributed by atoms with van der Waals surface area (Å²) in [6, 6.07) is 11.1. The standard InChI is InChI=1S/C21H22N6O/c1-14-10-17(16-4-5-18(25-3)19(11-16)28-13-24-2)12-27(20(14)22)21(23)15-6-8-26-9-7-15/h4-12,22-24H,3,13H2,1-2H3. The Balaban J connectivity index is 2.09. The molecule has 0 spiro atoms. The molecule has 0 aliphatic carbocycles. The zero-order valence-electron chi connectivity index (χ0n) is 15.9. The van der Waals surface area contributed by atoms with Crippen LogP contribution in [0.5, 0.6) is 5.75 Å². The SMILES string of the molecule is C=Nc1ccc(-c2cc(C)c(=N)n(C(=N)c3ccncc3)c2)cc1OCNC. The third kappa shape index (κ3) is 3.89. The van der Waals surface area contributed by atoms with Crippen molar-refractivity contribution in [3.8, 4) is 16.9 Å². The van der Waals surface area contributed by atoms with Crippen molar-refractivity contribution in [2.75, 3.05) is 13.8 Å². The first-order chi connectivity index (χ1) is 13.5. The van der Waals surface area contributed by atoms with Crippen molar-refractivity contribution in [1.29, 1.82) is 10.8 Å². The highest BCUT2D eigenvalue weighted by molar-refractivity contribution is 5.98. The zero-order valence-corrected chi connectivity index (χ0v) is 15.9. The first kappa shape index (κ1) is 19.2. The molecule has 0 saturated carbocycles. The minimum Gasteiger partial charge on any atom is -0.476 e. The average Bonchev–Trinajstić information content (AvgIpc) is 2.74. The van der Waals surface area contributed by atoms with Crippen LogP contribution in [0, 0.1) is 17.7 Å². The highest BCUT2D eigenvalue weighted by Crippen LogP contribution is 2.32. The third-order valence-corrected chi connectivity index (χ3v) is 4.28. The van der Waals surface area contributed by atoms with Crippen LogP contribution in [0.15, 0.2) is 60.0 Å². The molecule has 3 N–H and O–H groups in total. The molecule has 0 aliphatic rings.